The molecule has 2 aliphatic rings. The molecule has 6 nitrogen and oxygen atoms in total. The highest BCUT2D eigenvalue weighted by Gasteiger charge is 2.41. The first-order valence-electron chi connectivity index (χ1n) is 10.1. The molecule has 0 bridgehead atoms. The van der Waals surface area contributed by atoms with Crippen molar-refractivity contribution in [2.24, 2.45) is 12.5 Å². The van der Waals surface area contributed by atoms with Crippen molar-refractivity contribution in [3.05, 3.63) is 54.1 Å². The predicted molar refractivity (Wildman–Crippen MR) is 107 cm³/mol. The van der Waals surface area contributed by atoms with E-state index in [1.54, 1.807) is 6.20 Å². The molecular formula is C22H28N4O2. The van der Waals surface area contributed by atoms with E-state index in [1.807, 2.05) is 57.9 Å². The fourth-order valence-electron chi connectivity index (χ4n) is 4.54. The Bertz CT molecular complexity index is 837. The minimum Gasteiger partial charge on any atom is -0.347 e. The normalized spacial score (nSPS) is 19.2. The van der Waals surface area contributed by atoms with Crippen molar-refractivity contribution >= 4 is 11.8 Å². The van der Waals surface area contributed by atoms with E-state index in [2.05, 4.69) is 4.98 Å². The van der Waals surface area contributed by atoms with E-state index < -0.39 is 0 Å². The van der Waals surface area contributed by atoms with Gasteiger partial charge >= 0.3 is 0 Å². The molecule has 6 heteroatoms. The molecule has 0 saturated carbocycles. The first-order valence-corrected chi connectivity index (χ1v) is 10.1. The Morgan fingerprint density at radius 2 is 1.96 bits per heavy atom. The molecular weight excluding hydrogens is 352 g/mol. The summed E-state index contributed by atoms with van der Waals surface area (Å²) in [5.74, 6) is 0.366. The van der Waals surface area contributed by atoms with Crippen LogP contribution in [0, 0.1) is 5.41 Å². The van der Waals surface area contributed by atoms with Gasteiger partial charge in [-0.3, -0.25) is 14.6 Å². The van der Waals surface area contributed by atoms with E-state index >= 15 is 0 Å². The second-order valence-corrected chi connectivity index (χ2v) is 8.18. The standard InChI is InChI=1S/C22H28N4O2/c1-24-13-4-6-19(24)21(28)25-15-10-22(11-16-25)9-7-20(27)26(17-22)14-8-18-5-2-3-12-23-18/h2-6,12-13H,7-11,14-17H2,1H3. The highest BCUT2D eigenvalue weighted by atomic mass is 16.2. The zero-order chi connectivity index (χ0) is 19.6. The summed E-state index contributed by atoms with van der Waals surface area (Å²) in [6, 6.07) is 9.70. The van der Waals surface area contributed by atoms with Crippen LogP contribution in [-0.4, -0.2) is 57.3 Å². The Morgan fingerprint density at radius 3 is 2.64 bits per heavy atom. The summed E-state index contributed by atoms with van der Waals surface area (Å²) in [5, 5.41) is 0. The smallest absolute Gasteiger partial charge is 0.270 e. The number of aromatic nitrogens is 2. The Balaban J connectivity index is 1.36. The molecule has 0 radical (unpaired) electrons. The van der Waals surface area contributed by atoms with Crippen LogP contribution in [0.1, 0.15) is 41.9 Å². The molecule has 4 heterocycles. The third-order valence-electron chi connectivity index (χ3n) is 6.39. The first kappa shape index (κ1) is 18.7. The Hall–Kier alpha value is -2.63. The second-order valence-electron chi connectivity index (χ2n) is 8.18. The van der Waals surface area contributed by atoms with Gasteiger partial charge in [-0.2, -0.15) is 0 Å². The van der Waals surface area contributed by atoms with Gasteiger partial charge in [0.1, 0.15) is 5.69 Å². The van der Waals surface area contributed by atoms with Crippen molar-refractivity contribution in [3.8, 4) is 0 Å². The monoisotopic (exact) mass is 380 g/mol. The summed E-state index contributed by atoms with van der Waals surface area (Å²) < 4.78 is 1.88. The quantitative estimate of drug-likeness (QED) is 0.819. The zero-order valence-corrected chi connectivity index (χ0v) is 16.5. The molecule has 0 atom stereocenters. The summed E-state index contributed by atoms with van der Waals surface area (Å²) in [4.78, 5) is 33.6. The highest BCUT2D eigenvalue weighted by Crippen LogP contribution is 2.40. The molecule has 0 N–H and O–H groups in total. The molecule has 148 valence electrons. The number of piperidine rings is 2. The maximum atomic E-state index is 12.8. The van der Waals surface area contributed by atoms with E-state index in [1.165, 1.54) is 0 Å². The first-order chi connectivity index (χ1) is 13.6. The second kappa shape index (κ2) is 7.78. The summed E-state index contributed by atoms with van der Waals surface area (Å²) in [6.45, 7) is 3.08. The van der Waals surface area contributed by atoms with Gasteiger partial charge in [0, 0.05) is 64.2 Å². The Labute approximate surface area is 166 Å². The summed E-state index contributed by atoms with van der Waals surface area (Å²) in [5.41, 5.74) is 1.92. The average Bonchev–Trinajstić information content (AvgIpc) is 3.16. The fraction of sp³-hybridized carbons (Fsp3) is 0.500. The molecule has 0 aliphatic carbocycles. The van der Waals surface area contributed by atoms with Crippen molar-refractivity contribution in [2.75, 3.05) is 26.2 Å². The lowest BCUT2D eigenvalue weighted by atomic mass is 9.72. The van der Waals surface area contributed by atoms with Crippen molar-refractivity contribution in [1.82, 2.24) is 19.4 Å². The van der Waals surface area contributed by atoms with Crippen molar-refractivity contribution in [2.45, 2.75) is 32.1 Å². The SMILES string of the molecule is Cn1cccc1C(=O)N1CCC2(CCC(=O)N(CCc3ccccn3)C2)CC1. The molecule has 2 fully saturated rings. The summed E-state index contributed by atoms with van der Waals surface area (Å²) >= 11 is 0. The van der Waals surface area contributed by atoms with Crippen LogP contribution in [0.15, 0.2) is 42.7 Å². The number of carbonyl (C=O) groups excluding carboxylic acids is 2. The largest absolute Gasteiger partial charge is 0.347 e. The number of hydrogen-bond acceptors (Lipinski definition) is 3. The van der Waals surface area contributed by atoms with Gasteiger partial charge in [0.2, 0.25) is 5.91 Å². The number of nitrogens with zero attached hydrogens (tertiary/aromatic N) is 4. The van der Waals surface area contributed by atoms with Crippen LogP contribution in [0.3, 0.4) is 0 Å². The van der Waals surface area contributed by atoms with Crippen LogP contribution in [0.4, 0.5) is 0 Å². The van der Waals surface area contributed by atoms with Gasteiger partial charge in [-0.05, 0) is 48.9 Å². The Kier molecular flexibility index (Phi) is 5.20. The molecule has 2 saturated heterocycles. The fourth-order valence-corrected chi connectivity index (χ4v) is 4.54. The molecule has 1 spiro atoms. The molecule has 4 rings (SSSR count). The number of rotatable bonds is 4. The minimum absolute atomic E-state index is 0.112. The Morgan fingerprint density at radius 1 is 1.14 bits per heavy atom. The third kappa shape index (κ3) is 3.81. The van der Waals surface area contributed by atoms with E-state index in [0.717, 1.165) is 63.3 Å². The number of hydrogen-bond donors (Lipinski definition) is 0. The average molecular weight is 380 g/mol. The van der Waals surface area contributed by atoms with Gasteiger partial charge in [0.25, 0.3) is 5.91 Å². The van der Waals surface area contributed by atoms with Crippen LogP contribution in [0.5, 0.6) is 0 Å². The summed E-state index contributed by atoms with van der Waals surface area (Å²) in [6.07, 6.45) is 8.00. The predicted octanol–water partition coefficient (Wildman–Crippen LogP) is 2.51. The van der Waals surface area contributed by atoms with Crippen LogP contribution < -0.4 is 0 Å². The number of amides is 2. The van der Waals surface area contributed by atoms with Gasteiger partial charge in [0.15, 0.2) is 0 Å². The van der Waals surface area contributed by atoms with Crippen molar-refractivity contribution in [3.63, 3.8) is 0 Å². The number of aryl methyl sites for hydroxylation is 1. The topological polar surface area (TPSA) is 58.4 Å². The molecule has 0 unspecified atom stereocenters. The number of carbonyl (C=O) groups is 2. The maximum absolute atomic E-state index is 12.8. The molecule has 28 heavy (non-hydrogen) atoms. The van der Waals surface area contributed by atoms with E-state index in [4.69, 9.17) is 0 Å². The lowest BCUT2D eigenvalue weighted by molar-refractivity contribution is -0.138. The molecule has 2 aromatic heterocycles. The van der Waals surface area contributed by atoms with Gasteiger partial charge in [-0.1, -0.05) is 6.07 Å². The lowest BCUT2D eigenvalue weighted by Crippen LogP contribution is -2.52. The number of likely N-dealkylation sites (tertiary alicyclic amines) is 2. The number of pyridine rings is 1. The van der Waals surface area contributed by atoms with Gasteiger partial charge < -0.3 is 14.4 Å². The van der Waals surface area contributed by atoms with Gasteiger partial charge in [-0.15, -0.1) is 0 Å². The summed E-state index contributed by atoms with van der Waals surface area (Å²) in [7, 11) is 1.91. The van der Waals surface area contributed by atoms with Crippen LogP contribution >= 0.6 is 0 Å². The van der Waals surface area contributed by atoms with Crippen LogP contribution in [0.25, 0.3) is 0 Å². The van der Waals surface area contributed by atoms with E-state index in [-0.39, 0.29) is 17.2 Å². The third-order valence-corrected chi connectivity index (χ3v) is 6.39. The highest BCUT2D eigenvalue weighted by molar-refractivity contribution is 5.92. The van der Waals surface area contributed by atoms with E-state index in [0.29, 0.717) is 6.42 Å². The van der Waals surface area contributed by atoms with Gasteiger partial charge in [-0.25, -0.2) is 0 Å². The maximum Gasteiger partial charge on any atom is 0.270 e. The van der Waals surface area contributed by atoms with Crippen molar-refractivity contribution < 1.29 is 9.59 Å². The van der Waals surface area contributed by atoms with Gasteiger partial charge in [0.05, 0.1) is 0 Å². The van der Waals surface area contributed by atoms with Crippen molar-refractivity contribution in [1.29, 1.82) is 0 Å². The van der Waals surface area contributed by atoms with E-state index in [9.17, 15) is 9.59 Å². The van der Waals surface area contributed by atoms with Crippen LogP contribution in [0.2, 0.25) is 0 Å². The van der Waals surface area contributed by atoms with Crippen LogP contribution in [-0.2, 0) is 18.3 Å². The molecule has 2 amide bonds. The lowest BCUT2D eigenvalue weighted by Gasteiger charge is -2.47. The molecule has 0 aromatic carbocycles. The molecule has 2 aliphatic heterocycles. The zero-order valence-electron chi connectivity index (χ0n) is 16.5. The molecule has 2 aromatic rings. The minimum atomic E-state index is 0.112.